The summed E-state index contributed by atoms with van der Waals surface area (Å²) in [4.78, 5) is 5.11. The number of rotatable bonds is 4. The van der Waals surface area contributed by atoms with Crippen LogP contribution in [0.1, 0.15) is 0 Å². The number of aromatic nitrogens is 4. The molecule has 0 fully saturated rings. The van der Waals surface area contributed by atoms with Gasteiger partial charge >= 0.3 is 0 Å². The van der Waals surface area contributed by atoms with Crippen molar-refractivity contribution in [1.29, 1.82) is 0 Å². The zero-order valence-corrected chi connectivity index (χ0v) is 25.5. The Bertz CT molecular complexity index is 2780. The third-order valence-electron chi connectivity index (χ3n) is 9.42. The molecule has 10 aromatic rings. The van der Waals surface area contributed by atoms with Crippen molar-refractivity contribution in [3.63, 3.8) is 0 Å². The Morgan fingerprint density at radius 2 is 0.830 bits per heavy atom. The van der Waals surface area contributed by atoms with E-state index in [-0.39, 0.29) is 0 Å². The van der Waals surface area contributed by atoms with Gasteiger partial charge in [0, 0.05) is 44.2 Å². The van der Waals surface area contributed by atoms with Crippen LogP contribution in [0.15, 0.2) is 170 Å². The highest BCUT2D eigenvalue weighted by Crippen LogP contribution is 2.42. The lowest BCUT2D eigenvalue weighted by molar-refractivity contribution is 1.08. The Kier molecular flexibility index (Phi) is 5.54. The van der Waals surface area contributed by atoms with Crippen LogP contribution in [0.25, 0.3) is 83.1 Å². The van der Waals surface area contributed by atoms with E-state index in [4.69, 9.17) is 4.98 Å². The molecule has 0 aliphatic carbocycles. The molecule has 0 atom stereocenters. The molecule has 3 heterocycles. The predicted molar refractivity (Wildman–Crippen MR) is 195 cm³/mol. The quantitative estimate of drug-likeness (QED) is 0.197. The van der Waals surface area contributed by atoms with E-state index in [2.05, 4.69) is 184 Å². The van der Waals surface area contributed by atoms with E-state index in [1.54, 1.807) is 0 Å². The molecular weight excluding hydrogens is 573 g/mol. The van der Waals surface area contributed by atoms with E-state index in [0.717, 1.165) is 39.5 Å². The highest BCUT2D eigenvalue weighted by atomic mass is 15.1. The first kappa shape index (κ1) is 25.9. The molecule has 0 bridgehead atoms. The Balaban J connectivity index is 1.33. The standard InChI is InChI=1S/C43H28N4/c1-3-14-29(15-4-1)43-44-37-22-9-12-25-40(37)47(43)32-19-13-18-31(28-32)46-39-24-11-8-21-34(39)36-27-26-35-33-20-7-10-23-38(33)45(41(35)42(36)46)30-16-5-2-6-17-30/h1-28H. The van der Waals surface area contributed by atoms with Crippen molar-refractivity contribution in [1.82, 2.24) is 18.7 Å². The summed E-state index contributed by atoms with van der Waals surface area (Å²) in [6.45, 7) is 0. The maximum absolute atomic E-state index is 5.11. The molecule has 220 valence electrons. The van der Waals surface area contributed by atoms with E-state index in [0.29, 0.717) is 0 Å². The molecule has 0 saturated heterocycles. The van der Waals surface area contributed by atoms with Gasteiger partial charge in [-0.25, -0.2) is 4.98 Å². The van der Waals surface area contributed by atoms with Gasteiger partial charge in [-0.2, -0.15) is 0 Å². The Hall–Kier alpha value is -6.39. The molecule has 10 rings (SSSR count). The molecule has 4 heteroatoms. The molecule has 47 heavy (non-hydrogen) atoms. The lowest BCUT2D eigenvalue weighted by Gasteiger charge is -2.15. The van der Waals surface area contributed by atoms with Gasteiger partial charge in [0.2, 0.25) is 0 Å². The second-order valence-electron chi connectivity index (χ2n) is 12.0. The fourth-order valence-electron chi connectivity index (χ4n) is 7.45. The number of imidazole rings is 1. The van der Waals surface area contributed by atoms with Gasteiger partial charge in [0.25, 0.3) is 0 Å². The number of fused-ring (bicyclic) bond motifs is 8. The molecule has 0 aliphatic rings. The maximum Gasteiger partial charge on any atom is 0.145 e. The van der Waals surface area contributed by atoms with E-state index in [1.807, 2.05) is 0 Å². The van der Waals surface area contributed by atoms with E-state index < -0.39 is 0 Å². The van der Waals surface area contributed by atoms with Crippen LogP contribution in [0.5, 0.6) is 0 Å². The molecule has 0 radical (unpaired) electrons. The van der Waals surface area contributed by atoms with Crippen LogP contribution in [-0.4, -0.2) is 18.7 Å². The number of hydrogen-bond donors (Lipinski definition) is 0. The third kappa shape index (κ3) is 3.79. The van der Waals surface area contributed by atoms with Crippen molar-refractivity contribution in [2.45, 2.75) is 0 Å². The summed E-state index contributed by atoms with van der Waals surface area (Å²) in [5.41, 5.74) is 11.2. The minimum atomic E-state index is 0.928. The van der Waals surface area contributed by atoms with Crippen LogP contribution >= 0.6 is 0 Å². The normalized spacial score (nSPS) is 11.8. The van der Waals surface area contributed by atoms with Crippen molar-refractivity contribution in [3.05, 3.63) is 170 Å². The van der Waals surface area contributed by atoms with Gasteiger partial charge < -0.3 is 9.13 Å². The van der Waals surface area contributed by atoms with Gasteiger partial charge in [-0.3, -0.25) is 4.57 Å². The lowest BCUT2D eigenvalue weighted by Crippen LogP contribution is -2.01. The number of nitrogens with zero attached hydrogens (tertiary/aromatic N) is 4. The Morgan fingerprint density at radius 3 is 1.49 bits per heavy atom. The minimum absolute atomic E-state index is 0.928. The topological polar surface area (TPSA) is 27.7 Å². The van der Waals surface area contributed by atoms with Gasteiger partial charge in [0.1, 0.15) is 5.82 Å². The van der Waals surface area contributed by atoms with Gasteiger partial charge in [-0.15, -0.1) is 0 Å². The van der Waals surface area contributed by atoms with Crippen molar-refractivity contribution >= 4 is 54.6 Å². The molecule has 0 amide bonds. The average molecular weight is 601 g/mol. The van der Waals surface area contributed by atoms with Crippen LogP contribution in [0.4, 0.5) is 0 Å². The van der Waals surface area contributed by atoms with Crippen molar-refractivity contribution < 1.29 is 0 Å². The van der Waals surface area contributed by atoms with Gasteiger partial charge in [0.05, 0.1) is 33.1 Å². The number of para-hydroxylation sites is 5. The van der Waals surface area contributed by atoms with Crippen LogP contribution in [0.2, 0.25) is 0 Å². The van der Waals surface area contributed by atoms with Crippen LogP contribution < -0.4 is 0 Å². The van der Waals surface area contributed by atoms with Crippen LogP contribution in [-0.2, 0) is 0 Å². The summed E-state index contributed by atoms with van der Waals surface area (Å²) < 4.78 is 7.18. The summed E-state index contributed by atoms with van der Waals surface area (Å²) in [6, 6.07) is 60.6. The first-order valence-electron chi connectivity index (χ1n) is 16.0. The molecule has 4 nitrogen and oxygen atoms in total. The molecule has 0 saturated carbocycles. The predicted octanol–water partition coefficient (Wildman–Crippen LogP) is 10.9. The summed E-state index contributed by atoms with van der Waals surface area (Å²) in [6.07, 6.45) is 0. The highest BCUT2D eigenvalue weighted by molar-refractivity contribution is 6.23. The molecular formula is C43H28N4. The van der Waals surface area contributed by atoms with Crippen LogP contribution in [0, 0.1) is 0 Å². The van der Waals surface area contributed by atoms with Gasteiger partial charge in [0.15, 0.2) is 0 Å². The molecule has 3 aromatic heterocycles. The SMILES string of the molecule is c1ccc(-c2nc3ccccc3n2-c2cccc(-n3c4ccccc4c4ccc5c6ccccc6n(-c6ccccc6)c5c43)c2)cc1. The largest absolute Gasteiger partial charge is 0.307 e. The fraction of sp³-hybridized carbons (Fsp3) is 0. The molecule has 7 aromatic carbocycles. The fourth-order valence-corrected chi connectivity index (χ4v) is 7.45. The van der Waals surface area contributed by atoms with Crippen molar-refractivity contribution in [2.75, 3.05) is 0 Å². The number of hydrogen-bond acceptors (Lipinski definition) is 1. The minimum Gasteiger partial charge on any atom is -0.307 e. The first-order valence-corrected chi connectivity index (χ1v) is 16.0. The van der Waals surface area contributed by atoms with Crippen molar-refractivity contribution in [2.24, 2.45) is 0 Å². The zero-order chi connectivity index (χ0) is 30.9. The zero-order valence-electron chi connectivity index (χ0n) is 25.5. The summed E-state index contributed by atoms with van der Waals surface area (Å²) in [5.74, 6) is 0.928. The molecule has 0 unspecified atom stereocenters. The van der Waals surface area contributed by atoms with Crippen LogP contribution in [0.3, 0.4) is 0 Å². The van der Waals surface area contributed by atoms with Gasteiger partial charge in [-0.1, -0.05) is 115 Å². The smallest absolute Gasteiger partial charge is 0.145 e. The third-order valence-corrected chi connectivity index (χ3v) is 9.42. The van der Waals surface area contributed by atoms with Gasteiger partial charge in [-0.05, 0) is 54.6 Å². The van der Waals surface area contributed by atoms with E-state index in [1.165, 1.54) is 43.6 Å². The summed E-state index contributed by atoms with van der Waals surface area (Å²) in [5, 5.41) is 4.95. The molecule has 0 N–H and O–H groups in total. The second kappa shape index (κ2) is 10.1. The summed E-state index contributed by atoms with van der Waals surface area (Å²) in [7, 11) is 0. The Morgan fingerprint density at radius 1 is 0.340 bits per heavy atom. The lowest BCUT2D eigenvalue weighted by atomic mass is 10.1. The number of benzene rings is 7. The van der Waals surface area contributed by atoms with E-state index >= 15 is 0 Å². The first-order chi connectivity index (χ1) is 23.3. The van der Waals surface area contributed by atoms with E-state index in [9.17, 15) is 0 Å². The summed E-state index contributed by atoms with van der Waals surface area (Å²) >= 11 is 0. The van der Waals surface area contributed by atoms with Crippen molar-refractivity contribution in [3.8, 4) is 28.5 Å². The molecule has 0 aliphatic heterocycles. The Labute approximate surface area is 271 Å². The maximum atomic E-state index is 5.11. The second-order valence-corrected chi connectivity index (χ2v) is 12.0. The average Bonchev–Trinajstić information content (AvgIpc) is 3.81. The highest BCUT2D eigenvalue weighted by Gasteiger charge is 2.22. The molecule has 0 spiro atoms. The monoisotopic (exact) mass is 600 g/mol.